The van der Waals surface area contributed by atoms with Gasteiger partial charge in [0.05, 0.1) is 11.3 Å². The Bertz CT molecular complexity index is 925. The van der Waals surface area contributed by atoms with Gasteiger partial charge in [-0.15, -0.1) is 6.58 Å². The highest BCUT2D eigenvalue weighted by molar-refractivity contribution is 6.31. The third-order valence-corrected chi connectivity index (χ3v) is 3.56. The zero-order valence-corrected chi connectivity index (χ0v) is 20.4. The summed E-state index contributed by atoms with van der Waals surface area (Å²) in [6.45, 7) is 10.8. The van der Waals surface area contributed by atoms with Crippen LogP contribution in [0, 0.1) is 6.92 Å². The predicted octanol–water partition coefficient (Wildman–Crippen LogP) is 5.88. The molecule has 1 aromatic carbocycles. The van der Waals surface area contributed by atoms with Crippen molar-refractivity contribution in [2.45, 2.75) is 33.9 Å². The topological polar surface area (TPSA) is 113 Å². The molecule has 0 unspecified atom stereocenters. The molecule has 1 aromatic heterocycles. The molecule has 0 aliphatic rings. The first kappa shape index (κ1) is 32.2. The lowest BCUT2D eigenvalue weighted by molar-refractivity contribution is -0.141. The van der Waals surface area contributed by atoms with Gasteiger partial charge in [0.25, 0.3) is 11.8 Å². The quantitative estimate of drug-likeness (QED) is 0.387. The van der Waals surface area contributed by atoms with Gasteiger partial charge < -0.3 is 16.4 Å². The highest BCUT2D eigenvalue weighted by Crippen LogP contribution is 2.29. The Kier molecular flexibility index (Phi) is 16.2. The number of carbonyl (C=O) groups excluding carboxylic acids is 2. The number of nitrogens with one attached hydrogen (secondary N) is 3. The molecule has 7 nitrogen and oxygen atoms in total. The summed E-state index contributed by atoms with van der Waals surface area (Å²) in [6, 6.07) is 3.43. The number of aromatic nitrogens is 2. The number of rotatable bonds is 3. The zero-order valence-electron chi connectivity index (χ0n) is 18.9. The van der Waals surface area contributed by atoms with Gasteiger partial charge in [-0.1, -0.05) is 43.1 Å². The van der Waals surface area contributed by atoms with Crippen LogP contribution >= 0.6 is 23.2 Å². The molecule has 12 heteroatoms. The molecule has 33 heavy (non-hydrogen) atoms. The summed E-state index contributed by atoms with van der Waals surface area (Å²) in [6.07, 6.45) is -1.63. The molecule has 0 bridgehead atoms. The third kappa shape index (κ3) is 11.4. The minimum atomic E-state index is -4.64. The second-order valence-electron chi connectivity index (χ2n) is 5.57. The molecular weight excluding hydrogens is 482 g/mol. The van der Waals surface area contributed by atoms with Crippen molar-refractivity contribution in [3.05, 3.63) is 70.1 Å². The van der Waals surface area contributed by atoms with Crippen LogP contribution in [0.15, 0.2) is 42.6 Å². The van der Waals surface area contributed by atoms with Gasteiger partial charge in [-0.3, -0.25) is 14.7 Å². The van der Waals surface area contributed by atoms with E-state index in [1.54, 1.807) is 18.1 Å². The predicted molar refractivity (Wildman–Crippen MR) is 128 cm³/mol. The second kappa shape index (κ2) is 16.6. The van der Waals surface area contributed by atoms with Crippen LogP contribution in [0.4, 0.5) is 18.9 Å². The fraction of sp³-hybridized carbons (Fsp3) is 0.286. The van der Waals surface area contributed by atoms with Gasteiger partial charge in [0.2, 0.25) is 0 Å². The molecule has 0 spiro atoms. The van der Waals surface area contributed by atoms with E-state index in [9.17, 15) is 22.8 Å². The molecule has 0 aliphatic carbocycles. The highest BCUT2D eigenvalue weighted by atomic mass is 35.5. The Morgan fingerprint density at radius 2 is 1.73 bits per heavy atom. The Hall–Kier alpha value is -2.98. The van der Waals surface area contributed by atoms with Crippen molar-refractivity contribution in [2.75, 3.05) is 12.4 Å². The monoisotopic (exact) mass is 509 g/mol. The molecule has 5 N–H and O–H groups in total. The number of halogens is 5. The van der Waals surface area contributed by atoms with Gasteiger partial charge in [0.1, 0.15) is 5.69 Å². The summed E-state index contributed by atoms with van der Waals surface area (Å²) in [7, 11) is 1.40. The van der Waals surface area contributed by atoms with Crippen LogP contribution in [0.25, 0.3) is 0 Å². The van der Waals surface area contributed by atoms with Crippen molar-refractivity contribution < 1.29 is 22.8 Å². The Morgan fingerprint density at radius 1 is 1.21 bits per heavy atom. The van der Waals surface area contributed by atoms with E-state index in [2.05, 4.69) is 22.3 Å². The Labute approximate surface area is 201 Å². The van der Waals surface area contributed by atoms with Crippen molar-refractivity contribution in [3.63, 3.8) is 0 Å². The van der Waals surface area contributed by atoms with E-state index in [0.717, 1.165) is 0 Å². The van der Waals surface area contributed by atoms with E-state index >= 15 is 0 Å². The molecule has 0 atom stereocenters. The van der Waals surface area contributed by atoms with Gasteiger partial charge in [0.15, 0.2) is 5.69 Å². The van der Waals surface area contributed by atoms with E-state index in [1.807, 2.05) is 20.8 Å². The number of hydrogen-bond donors (Lipinski definition) is 4. The molecule has 2 rings (SSSR count). The van der Waals surface area contributed by atoms with Gasteiger partial charge in [-0.2, -0.15) is 18.3 Å². The van der Waals surface area contributed by atoms with Gasteiger partial charge in [0, 0.05) is 29.9 Å². The summed E-state index contributed by atoms with van der Waals surface area (Å²) in [5, 5.41) is 10.2. The standard InChI is InChI=1S/C14H12ClF3N4O2.C3H6.C2H4ClN.C2H6/c1-6-3-7(15)4-8(12(23)19-2)11(6)20-13(24)9-5-10(22-21-9)14(16,17)18;1-3-2;3-1-2-4;1-2/h3-5H,1-2H3,(H,19,23)(H,20,24)(H,21,22);3H,1H2,2H3;1-2H,4H2;1-2H3/b;;2-1+;. The van der Waals surface area contributed by atoms with Gasteiger partial charge >= 0.3 is 6.18 Å². The van der Waals surface area contributed by atoms with Crippen LogP contribution in [0.5, 0.6) is 0 Å². The smallest absolute Gasteiger partial charge is 0.404 e. The number of hydrogen-bond acceptors (Lipinski definition) is 4. The van der Waals surface area contributed by atoms with Crippen molar-refractivity contribution in [2.24, 2.45) is 5.73 Å². The number of anilines is 1. The largest absolute Gasteiger partial charge is 0.432 e. The summed E-state index contributed by atoms with van der Waals surface area (Å²) >= 11 is 10.8. The van der Waals surface area contributed by atoms with Crippen LogP contribution in [0.2, 0.25) is 5.02 Å². The van der Waals surface area contributed by atoms with Crippen LogP contribution in [0.3, 0.4) is 0 Å². The molecule has 0 radical (unpaired) electrons. The number of allylic oxidation sites excluding steroid dienone is 1. The minimum absolute atomic E-state index is 0.0856. The van der Waals surface area contributed by atoms with Crippen LogP contribution in [0.1, 0.15) is 52.9 Å². The fourth-order valence-electron chi connectivity index (χ4n) is 1.98. The number of alkyl halides is 3. The lowest BCUT2D eigenvalue weighted by atomic mass is 10.1. The first-order chi connectivity index (χ1) is 15.5. The molecule has 2 amide bonds. The van der Waals surface area contributed by atoms with Gasteiger partial charge in [-0.25, -0.2) is 0 Å². The SMILES string of the molecule is C=CC.CC.CNC(=O)c1cc(Cl)cc(C)c1NC(=O)c1cc(C(F)(F)F)[nH]n1.N/C=C/Cl. The van der Waals surface area contributed by atoms with E-state index < -0.39 is 29.4 Å². The van der Waals surface area contributed by atoms with E-state index in [1.165, 1.54) is 30.9 Å². The molecular formula is C21H28Cl2F3N5O2. The number of H-pyrrole nitrogens is 1. The summed E-state index contributed by atoms with van der Waals surface area (Å²) in [5.41, 5.74) is 5.06. The number of amides is 2. The van der Waals surface area contributed by atoms with E-state index in [-0.39, 0.29) is 16.3 Å². The lowest BCUT2D eigenvalue weighted by Crippen LogP contribution is -2.22. The molecule has 0 fully saturated rings. The molecule has 0 saturated carbocycles. The normalized spacial score (nSPS) is 9.88. The minimum Gasteiger partial charge on any atom is -0.404 e. The maximum Gasteiger partial charge on any atom is 0.432 e. The average Bonchev–Trinajstić information content (AvgIpc) is 3.28. The maximum absolute atomic E-state index is 12.5. The first-order valence-corrected chi connectivity index (χ1v) is 10.3. The molecule has 0 saturated heterocycles. The maximum atomic E-state index is 12.5. The number of aromatic amines is 1. The molecule has 184 valence electrons. The number of nitrogens with zero attached hydrogens (tertiary/aromatic N) is 1. The number of benzene rings is 1. The number of aryl methyl sites for hydroxylation is 1. The Balaban J connectivity index is 0. The van der Waals surface area contributed by atoms with Crippen molar-refractivity contribution >= 4 is 40.7 Å². The molecule has 2 aromatic rings. The summed E-state index contributed by atoms with van der Waals surface area (Å²) < 4.78 is 37.6. The van der Waals surface area contributed by atoms with Crippen LogP contribution in [-0.2, 0) is 6.18 Å². The van der Waals surface area contributed by atoms with Crippen LogP contribution < -0.4 is 16.4 Å². The average molecular weight is 510 g/mol. The van der Waals surface area contributed by atoms with Crippen molar-refractivity contribution in [1.29, 1.82) is 0 Å². The van der Waals surface area contributed by atoms with E-state index in [4.69, 9.17) is 28.9 Å². The third-order valence-electron chi connectivity index (χ3n) is 3.20. The molecule has 0 aliphatic heterocycles. The highest BCUT2D eigenvalue weighted by Gasteiger charge is 2.34. The zero-order chi connectivity index (χ0) is 26.2. The molecule has 1 heterocycles. The summed E-state index contributed by atoms with van der Waals surface area (Å²) in [4.78, 5) is 24.0. The number of carbonyl (C=O) groups is 2. The number of nitrogens with two attached hydrogens (primary N) is 1. The van der Waals surface area contributed by atoms with Crippen molar-refractivity contribution in [3.8, 4) is 0 Å². The first-order valence-electron chi connectivity index (χ1n) is 9.46. The Morgan fingerprint density at radius 3 is 2.12 bits per heavy atom. The second-order valence-corrected chi connectivity index (χ2v) is 6.26. The van der Waals surface area contributed by atoms with Crippen LogP contribution in [-0.4, -0.2) is 29.1 Å². The van der Waals surface area contributed by atoms with Gasteiger partial charge in [-0.05, 0) is 31.5 Å². The lowest BCUT2D eigenvalue weighted by Gasteiger charge is -2.13. The summed E-state index contributed by atoms with van der Waals surface area (Å²) in [5.74, 6) is -1.40. The van der Waals surface area contributed by atoms with E-state index in [0.29, 0.717) is 11.6 Å². The fourth-order valence-corrected chi connectivity index (χ4v) is 2.26. The van der Waals surface area contributed by atoms with Crippen molar-refractivity contribution in [1.82, 2.24) is 15.5 Å².